The number of pyridine rings is 1. The van der Waals surface area contributed by atoms with E-state index in [4.69, 9.17) is 21.1 Å². The quantitative estimate of drug-likeness (QED) is 0.755. The van der Waals surface area contributed by atoms with Crippen LogP contribution in [0.2, 0.25) is 5.02 Å². The number of halogens is 2. The zero-order valence-corrected chi connectivity index (χ0v) is 15.2. The molecule has 126 valence electrons. The number of benzene rings is 1. The van der Waals surface area contributed by atoms with Crippen molar-refractivity contribution in [2.24, 2.45) is 0 Å². The van der Waals surface area contributed by atoms with Gasteiger partial charge in [0.05, 0.1) is 11.0 Å². The lowest BCUT2D eigenvalue weighted by Gasteiger charge is -2.17. The summed E-state index contributed by atoms with van der Waals surface area (Å²) in [7, 11) is 0. The van der Waals surface area contributed by atoms with Crippen molar-refractivity contribution in [2.75, 3.05) is 19.7 Å². The maximum absolute atomic E-state index is 12.2. The van der Waals surface area contributed by atoms with Crippen LogP contribution in [0.25, 0.3) is 0 Å². The Hall–Kier alpha value is -1.79. The molecule has 0 unspecified atom stereocenters. The van der Waals surface area contributed by atoms with Gasteiger partial charge in [0.1, 0.15) is 11.9 Å². The van der Waals surface area contributed by atoms with Crippen molar-refractivity contribution in [1.29, 1.82) is 0 Å². The molecule has 3 rings (SSSR count). The smallest absolute Gasteiger partial charge is 0.260 e. The molecular weight excluding hydrogens is 396 g/mol. The number of rotatable bonds is 5. The fourth-order valence-corrected chi connectivity index (χ4v) is 2.91. The number of amides is 1. The summed E-state index contributed by atoms with van der Waals surface area (Å²) in [6.45, 7) is 1.19. The number of carbonyl (C=O) groups excluding carboxylic acids is 1. The fourth-order valence-electron chi connectivity index (χ4n) is 2.43. The molecule has 0 aliphatic carbocycles. The van der Waals surface area contributed by atoms with Gasteiger partial charge in [0, 0.05) is 24.2 Å². The molecule has 0 radical (unpaired) electrons. The first-order chi connectivity index (χ1) is 11.6. The minimum atomic E-state index is -0.0596. The molecule has 0 spiro atoms. The van der Waals surface area contributed by atoms with Crippen LogP contribution in [0.5, 0.6) is 11.6 Å². The normalized spacial score (nSPS) is 16.9. The van der Waals surface area contributed by atoms with Gasteiger partial charge in [-0.15, -0.1) is 0 Å². The molecule has 1 aliphatic heterocycles. The maximum atomic E-state index is 12.2. The summed E-state index contributed by atoms with van der Waals surface area (Å²) in [6, 6.07) is 10.6. The summed E-state index contributed by atoms with van der Waals surface area (Å²) >= 11 is 9.22. The number of ether oxygens (including phenoxy) is 2. The van der Waals surface area contributed by atoms with E-state index in [1.165, 1.54) is 0 Å². The molecule has 2 heterocycles. The van der Waals surface area contributed by atoms with Crippen molar-refractivity contribution >= 4 is 33.4 Å². The Morgan fingerprint density at radius 2 is 2.12 bits per heavy atom. The summed E-state index contributed by atoms with van der Waals surface area (Å²) in [5.74, 6) is 1.11. The molecule has 1 fully saturated rings. The van der Waals surface area contributed by atoms with Crippen LogP contribution >= 0.6 is 27.5 Å². The molecule has 5 nitrogen and oxygen atoms in total. The molecule has 1 atom stereocenters. The van der Waals surface area contributed by atoms with Crippen molar-refractivity contribution in [1.82, 2.24) is 9.88 Å². The Morgan fingerprint density at radius 3 is 2.88 bits per heavy atom. The van der Waals surface area contributed by atoms with Gasteiger partial charge in [-0.1, -0.05) is 11.6 Å². The van der Waals surface area contributed by atoms with E-state index in [9.17, 15) is 4.79 Å². The van der Waals surface area contributed by atoms with E-state index in [1.807, 2.05) is 12.1 Å². The van der Waals surface area contributed by atoms with Crippen LogP contribution in [-0.2, 0) is 4.79 Å². The van der Waals surface area contributed by atoms with Crippen molar-refractivity contribution < 1.29 is 14.3 Å². The monoisotopic (exact) mass is 410 g/mol. The summed E-state index contributed by atoms with van der Waals surface area (Å²) in [4.78, 5) is 18.2. The molecule has 1 aromatic heterocycles. The zero-order valence-electron chi connectivity index (χ0n) is 12.8. The van der Waals surface area contributed by atoms with Crippen LogP contribution in [-0.4, -0.2) is 41.6 Å². The molecule has 0 bridgehead atoms. The van der Waals surface area contributed by atoms with Gasteiger partial charge >= 0.3 is 0 Å². The SMILES string of the molecule is O=C(COc1ccc(Cl)cc1)N1CC[C@H](Oc2ncccc2Br)C1. The van der Waals surface area contributed by atoms with Crippen LogP contribution in [0, 0.1) is 0 Å². The first-order valence-electron chi connectivity index (χ1n) is 7.55. The average Bonchev–Trinajstić information content (AvgIpc) is 3.05. The van der Waals surface area contributed by atoms with Gasteiger partial charge in [-0.2, -0.15) is 0 Å². The van der Waals surface area contributed by atoms with E-state index in [2.05, 4.69) is 20.9 Å². The first kappa shape index (κ1) is 17.0. The topological polar surface area (TPSA) is 51.7 Å². The van der Waals surface area contributed by atoms with E-state index in [0.29, 0.717) is 29.7 Å². The minimum absolute atomic E-state index is 0.00162. The Labute approximate surface area is 153 Å². The van der Waals surface area contributed by atoms with Crippen LogP contribution in [0.3, 0.4) is 0 Å². The fraction of sp³-hybridized carbons (Fsp3) is 0.294. The second kappa shape index (κ2) is 7.85. The lowest BCUT2D eigenvalue weighted by atomic mass is 10.3. The van der Waals surface area contributed by atoms with E-state index < -0.39 is 0 Å². The van der Waals surface area contributed by atoms with E-state index >= 15 is 0 Å². The second-order valence-electron chi connectivity index (χ2n) is 5.40. The van der Waals surface area contributed by atoms with Crippen LogP contribution < -0.4 is 9.47 Å². The Kier molecular flexibility index (Phi) is 5.58. The standard InChI is InChI=1S/C17H16BrClN2O3/c18-15-2-1-8-20-17(15)24-14-7-9-21(10-14)16(22)11-23-13-5-3-12(19)4-6-13/h1-6,8,14H,7,9-11H2/t14-/m0/s1. The highest BCUT2D eigenvalue weighted by Gasteiger charge is 2.28. The second-order valence-corrected chi connectivity index (χ2v) is 6.69. The van der Waals surface area contributed by atoms with Crippen LogP contribution in [0.1, 0.15) is 6.42 Å². The van der Waals surface area contributed by atoms with E-state index in [-0.39, 0.29) is 18.6 Å². The van der Waals surface area contributed by atoms with Gasteiger partial charge < -0.3 is 14.4 Å². The van der Waals surface area contributed by atoms with Gasteiger partial charge in [0.25, 0.3) is 5.91 Å². The molecule has 24 heavy (non-hydrogen) atoms. The van der Waals surface area contributed by atoms with Gasteiger partial charge in [0.2, 0.25) is 5.88 Å². The third kappa shape index (κ3) is 4.39. The average molecular weight is 412 g/mol. The molecule has 1 amide bonds. The van der Waals surface area contributed by atoms with E-state index in [1.54, 1.807) is 35.4 Å². The lowest BCUT2D eigenvalue weighted by molar-refractivity contribution is -0.132. The number of aromatic nitrogens is 1. The zero-order chi connectivity index (χ0) is 16.9. The van der Waals surface area contributed by atoms with Crippen LogP contribution in [0.15, 0.2) is 47.1 Å². The summed E-state index contributed by atoms with van der Waals surface area (Å²) < 4.78 is 12.2. The van der Waals surface area contributed by atoms with Crippen molar-refractivity contribution in [3.8, 4) is 11.6 Å². The third-order valence-electron chi connectivity index (χ3n) is 3.68. The molecule has 1 saturated heterocycles. The number of carbonyl (C=O) groups is 1. The number of likely N-dealkylation sites (tertiary alicyclic amines) is 1. The predicted molar refractivity (Wildman–Crippen MR) is 94.5 cm³/mol. The summed E-state index contributed by atoms with van der Waals surface area (Å²) in [5, 5.41) is 0.633. The van der Waals surface area contributed by atoms with Crippen LogP contribution in [0.4, 0.5) is 0 Å². The molecule has 7 heteroatoms. The van der Waals surface area contributed by atoms with Gasteiger partial charge in [-0.05, 0) is 52.3 Å². The van der Waals surface area contributed by atoms with Gasteiger partial charge in [-0.25, -0.2) is 4.98 Å². The molecule has 1 aliphatic rings. The van der Waals surface area contributed by atoms with Crippen molar-refractivity contribution in [3.05, 3.63) is 52.1 Å². The first-order valence-corrected chi connectivity index (χ1v) is 8.72. The Bertz CT molecular complexity index is 711. The molecular formula is C17H16BrClN2O3. The predicted octanol–water partition coefficient (Wildman–Crippen LogP) is 3.56. The van der Waals surface area contributed by atoms with Gasteiger partial charge in [0.15, 0.2) is 6.61 Å². The highest BCUT2D eigenvalue weighted by Crippen LogP contribution is 2.24. The van der Waals surface area contributed by atoms with Crippen molar-refractivity contribution in [2.45, 2.75) is 12.5 Å². The number of hydrogen-bond acceptors (Lipinski definition) is 4. The minimum Gasteiger partial charge on any atom is -0.484 e. The third-order valence-corrected chi connectivity index (χ3v) is 4.53. The highest BCUT2D eigenvalue weighted by atomic mass is 79.9. The maximum Gasteiger partial charge on any atom is 0.260 e. The molecule has 0 saturated carbocycles. The molecule has 1 aromatic carbocycles. The number of nitrogens with zero attached hydrogens (tertiary/aromatic N) is 2. The number of hydrogen-bond donors (Lipinski definition) is 0. The van der Waals surface area contributed by atoms with Crippen molar-refractivity contribution in [3.63, 3.8) is 0 Å². The lowest BCUT2D eigenvalue weighted by Crippen LogP contribution is -2.34. The summed E-state index contributed by atoms with van der Waals surface area (Å²) in [5.41, 5.74) is 0. The summed E-state index contributed by atoms with van der Waals surface area (Å²) in [6.07, 6.45) is 2.39. The van der Waals surface area contributed by atoms with E-state index in [0.717, 1.165) is 10.9 Å². The molecule has 2 aromatic rings. The van der Waals surface area contributed by atoms with Gasteiger partial charge in [-0.3, -0.25) is 4.79 Å². The Morgan fingerprint density at radius 1 is 1.33 bits per heavy atom. The molecule has 0 N–H and O–H groups in total. The Balaban J connectivity index is 1.49. The highest BCUT2D eigenvalue weighted by molar-refractivity contribution is 9.10. The largest absolute Gasteiger partial charge is 0.484 e.